The molecule has 0 bridgehead atoms. The molecule has 0 saturated carbocycles. The van der Waals surface area contributed by atoms with E-state index < -0.39 is 0 Å². The van der Waals surface area contributed by atoms with Crippen molar-refractivity contribution in [2.75, 3.05) is 33.7 Å². The Bertz CT molecular complexity index is 52.9. The topological polar surface area (TPSA) is 15.3 Å². The maximum Gasteiger partial charge on any atom is 0.0101 e. The van der Waals surface area contributed by atoms with E-state index in [0.29, 0.717) is 0 Å². The predicted molar refractivity (Wildman–Crippen MR) is 41.4 cm³/mol. The molecule has 55 valence electrons. The maximum absolute atomic E-state index is 3.73. The Morgan fingerprint density at radius 1 is 1.33 bits per heavy atom. The molecule has 0 amide bonds. The van der Waals surface area contributed by atoms with E-state index in [4.69, 9.17) is 0 Å². The average Bonchev–Trinajstić information content (AvgIpc) is 1.80. The first-order valence-electron chi connectivity index (χ1n) is 3.42. The first kappa shape index (κ1) is 8.92. The number of nitrogens with zero attached hydrogens (tertiary/aromatic N) is 1. The Morgan fingerprint density at radius 3 is 2.44 bits per heavy atom. The molecule has 0 fully saturated rings. The highest BCUT2D eigenvalue weighted by Crippen LogP contribution is 1.71. The van der Waals surface area contributed by atoms with E-state index in [1.165, 1.54) is 0 Å². The smallest absolute Gasteiger partial charge is 0.0101 e. The zero-order valence-corrected chi connectivity index (χ0v) is 6.48. The summed E-state index contributed by atoms with van der Waals surface area (Å²) in [5, 5.41) is 3.26. The molecule has 0 unspecified atom stereocenters. The normalized spacial score (nSPS) is 10.7. The molecule has 0 aliphatic heterocycles. The van der Waals surface area contributed by atoms with Crippen molar-refractivity contribution >= 4 is 0 Å². The summed E-state index contributed by atoms with van der Waals surface area (Å²) in [6.45, 7) is 6.94. The summed E-state index contributed by atoms with van der Waals surface area (Å²) in [7, 11) is 4.15. The van der Waals surface area contributed by atoms with Crippen molar-refractivity contribution < 1.29 is 0 Å². The van der Waals surface area contributed by atoms with Crippen molar-refractivity contribution in [2.45, 2.75) is 6.42 Å². The van der Waals surface area contributed by atoms with Gasteiger partial charge in [-0.15, -0.1) is 0 Å². The molecule has 0 saturated heterocycles. The number of rotatable bonds is 5. The minimum atomic E-state index is 0.980. The van der Waals surface area contributed by atoms with Crippen LogP contribution in [-0.2, 0) is 0 Å². The minimum absolute atomic E-state index is 0.980. The van der Waals surface area contributed by atoms with Crippen LogP contribution in [0.3, 0.4) is 0 Å². The van der Waals surface area contributed by atoms with Gasteiger partial charge in [0.2, 0.25) is 0 Å². The number of hydrogen-bond acceptors (Lipinski definition) is 2. The molecular weight excluding hydrogens is 112 g/mol. The molecule has 0 atom stereocenters. The van der Waals surface area contributed by atoms with E-state index in [2.05, 4.69) is 31.2 Å². The highest BCUT2D eigenvalue weighted by atomic mass is 15.1. The van der Waals surface area contributed by atoms with E-state index in [1.807, 2.05) is 0 Å². The standard InChI is InChI=1S/C7H17N2/c1-4-5-8-6-7-9(2)3/h8H,1,4-7H2,2-3H3. The molecule has 1 N–H and O–H groups in total. The van der Waals surface area contributed by atoms with Gasteiger partial charge in [-0.05, 0) is 27.1 Å². The van der Waals surface area contributed by atoms with Crippen LogP contribution < -0.4 is 5.32 Å². The third kappa shape index (κ3) is 7.92. The summed E-state index contributed by atoms with van der Waals surface area (Å²) in [5.74, 6) is 0. The third-order valence-corrected chi connectivity index (χ3v) is 1.09. The van der Waals surface area contributed by atoms with Crippen molar-refractivity contribution in [1.82, 2.24) is 10.2 Å². The summed E-state index contributed by atoms with van der Waals surface area (Å²) in [6.07, 6.45) is 0.980. The van der Waals surface area contributed by atoms with Crippen molar-refractivity contribution in [3.05, 3.63) is 6.92 Å². The quantitative estimate of drug-likeness (QED) is 0.539. The van der Waals surface area contributed by atoms with E-state index in [1.54, 1.807) is 0 Å². The molecule has 1 radical (unpaired) electrons. The van der Waals surface area contributed by atoms with Crippen LogP contribution >= 0.6 is 0 Å². The van der Waals surface area contributed by atoms with Gasteiger partial charge in [-0.1, -0.05) is 6.92 Å². The van der Waals surface area contributed by atoms with Gasteiger partial charge >= 0.3 is 0 Å². The zero-order chi connectivity index (χ0) is 7.11. The molecule has 2 nitrogen and oxygen atoms in total. The molecule has 0 aromatic heterocycles. The van der Waals surface area contributed by atoms with E-state index in [-0.39, 0.29) is 0 Å². The summed E-state index contributed by atoms with van der Waals surface area (Å²) in [6, 6.07) is 0. The predicted octanol–water partition coefficient (Wildman–Crippen LogP) is 0.362. The lowest BCUT2D eigenvalue weighted by molar-refractivity contribution is 0.401. The second-order valence-corrected chi connectivity index (χ2v) is 2.41. The maximum atomic E-state index is 3.73. The number of nitrogens with one attached hydrogen (secondary N) is 1. The highest BCUT2D eigenvalue weighted by Gasteiger charge is 1.86. The third-order valence-electron chi connectivity index (χ3n) is 1.09. The SMILES string of the molecule is [CH2]CCNCCN(C)C. The van der Waals surface area contributed by atoms with Crippen LogP contribution in [0.25, 0.3) is 0 Å². The molecule has 0 rings (SSSR count). The first-order chi connectivity index (χ1) is 4.27. The number of likely N-dealkylation sites (N-methyl/N-ethyl adjacent to an activating group) is 1. The van der Waals surface area contributed by atoms with Crippen molar-refractivity contribution in [3.63, 3.8) is 0 Å². The van der Waals surface area contributed by atoms with Crippen LogP contribution in [0.4, 0.5) is 0 Å². The number of hydrogen-bond donors (Lipinski definition) is 1. The summed E-state index contributed by atoms with van der Waals surface area (Å²) >= 11 is 0. The largest absolute Gasteiger partial charge is 0.315 e. The van der Waals surface area contributed by atoms with Gasteiger partial charge in [0.15, 0.2) is 0 Å². The Kier molecular flexibility index (Phi) is 5.99. The van der Waals surface area contributed by atoms with Gasteiger partial charge in [0.25, 0.3) is 0 Å². The Hall–Kier alpha value is -0.0800. The lowest BCUT2D eigenvalue weighted by Gasteiger charge is -2.08. The zero-order valence-electron chi connectivity index (χ0n) is 6.48. The monoisotopic (exact) mass is 129 g/mol. The Balaban J connectivity index is 2.75. The molecular formula is C7H17N2. The lowest BCUT2D eigenvalue weighted by atomic mass is 10.4. The molecule has 0 aliphatic rings. The summed E-state index contributed by atoms with van der Waals surface area (Å²) in [5.41, 5.74) is 0. The summed E-state index contributed by atoms with van der Waals surface area (Å²) < 4.78 is 0. The molecule has 0 spiro atoms. The van der Waals surface area contributed by atoms with E-state index in [9.17, 15) is 0 Å². The second kappa shape index (κ2) is 6.05. The van der Waals surface area contributed by atoms with Gasteiger partial charge < -0.3 is 10.2 Å². The van der Waals surface area contributed by atoms with Crippen LogP contribution in [0.2, 0.25) is 0 Å². The minimum Gasteiger partial charge on any atom is -0.315 e. The van der Waals surface area contributed by atoms with Crippen LogP contribution in [-0.4, -0.2) is 38.6 Å². The molecule has 9 heavy (non-hydrogen) atoms. The van der Waals surface area contributed by atoms with Crippen LogP contribution in [0.1, 0.15) is 6.42 Å². The van der Waals surface area contributed by atoms with Crippen molar-refractivity contribution in [1.29, 1.82) is 0 Å². The van der Waals surface area contributed by atoms with Crippen LogP contribution in [0, 0.1) is 6.92 Å². The summed E-state index contributed by atoms with van der Waals surface area (Å²) in [4.78, 5) is 2.16. The van der Waals surface area contributed by atoms with Gasteiger partial charge in [0.1, 0.15) is 0 Å². The van der Waals surface area contributed by atoms with Gasteiger partial charge in [0, 0.05) is 13.1 Å². The molecule has 0 aromatic rings. The van der Waals surface area contributed by atoms with Crippen LogP contribution in [0.15, 0.2) is 0 Å². The average molecular weight is 129 g/mol. The highest BCUT2D eigenvalue weighted by molar-refractivity contribution is 4.50. The van der Waals surface area contributed by atoms with E-state index in [0.717, 1.165) is 26.1 Å². The molecule has 2 heteroatoms. The van der Waals surface area contributed by atoms with Crippen molar-refractivity contribution in [2.24, 2.45) is 0 Å². The van der Waals surface area contributed by atoms with Crippen LogP contribution in [0.5, 0.6) is 0 Å². The lowest BCUT2D eigenvalue weighted by Crippen LogP contribution is -2.26. The Labute approximate surface area is 58.2 Å². The fourth-order valence-corrected chi connectivity index (χ4v) is 0.553. The van der Waals surface area contributed by atoms with Gasteiger partial charge in [0.05, 0.1) is 0 Å². The molecule has 0 aliphatic carbocycles. The fourth-order valence-electron chi connectivity index (χ4n) is 0.553. The van der Waals surface area contributed by atoms with Crippen molar-refractivity contribution in [3.8, 4) is 0 Å². The van der Waals surface area contributed by atoms with Gasteiger partial charge in [-0.2, -0.15) is 0 Å². The van der Waals surface area contributed by atoms with Gasteiger partial charge in [-0.25, -0.2) is 0 Å². The second-order valence-electron chi connectivity index (χ2n) is 2.41. The van der Waals surface area contributed by atoms with Gasteiger partial charge in [-0.3, -0.25) is 0 Å². The van der Waals surface area contributed by atoms with E-state index >= 15 is 0 Å². The Morgan fingerprint density at radius 2 is 2.00 bits per heavy atom. The molecule has 0 aromatic carbocycles. The molecule has 0 heterocycles. The first-order valence-corrected chi connectivity index (χ1v) is 3.42. The fraction of sp³-hybridized carbons (Fsp3) is 0.857.